The molecule has 0 aliphatic rings. The average molecular weight is 520 g/mol. The van der Waals surface area contributed by atoms with E-state index in [-0.39, 0.29) is 25.2 Å². The Morgan fingerprint density at radius 1 is 0.892 bits per heavy atom. The molecule has 0 aromatic carbocycles. The number of aromatic nitrogens is 4. The van der Waals surface area contributed by atoms with Crippen LogP contribution in [0.4, 0.5) is 0 Å². The number of H-pyrrole nitrogens is 2. The number of imidazole rings is 2. The van der Waals surface area contributed by atoms with Crippen LogP contribution in [0, 0.1) is 5.92 Å². The van der Waals surface area contributed by atoms with Crippen LogP contribution in [0.3, 0.4) is 0 Å². The minimum absolute atomic E-state index is 0.0647. The number of nitrogens with two attached hydrogens (primary N) is 2. The molecule has 0 aliphatic heterocycles. The summed E-state index contributed by atoms with van der Waals surface area (Å²) in [7, 11) is 0. The molecule has 0 spiro atoms. The lowest BCUT2D eigenvalue weighted by molar-refractivity contribution is -0.143. The van der Waals surface area contributed by atoms with E-state index >= 15 is 0 Å². The molecule has 10 N–H and O–H groups in total. The van der Waals surface area contributed by atoms with E-state index in [9.17, 15) is 24.3 Å². The van der Waals surface area contributed by atoms with Crippen molar-refractivity contribution in [3.05, 3.63) is 36.4 Å². The Kier molecular flexibility index (Phi) is 11.7. The largest absolute Gasteiger partial charge is 0.480 e. The monoisotopic (exact) mass is 519 g/mol. The van der Waals surface area contributed by atoms with E-state index in [0.29, 0.717) is 30.8 Å². The van der Waals surface area contributed by atoms with Crippen LogP contribution in [0.15, 0.2) is 25.0 Å². The minimum atomic E-state index is -1.17. The highest BCUT2D eigenvalue weighted by Gasteiger charge is 2.31. The van der Waals surface area contributed by atoms with Crippen LogP contribution in [0.25, 0.3) is 0 Å². The molecule has 2 heterocycles. The fourth-order valence-electron chi connectivity index (χ4n) is 3.63. The summed E-state index contributed by atoms with van der Waals surface area (Å²) in [5.74, 6) is -3.36. The van der Waals surface area contributed by atoms with Gasteiger partial charge in [0.1, 0.15) is 18.1 Å². The Balaban J connectivity index is 2.16. The van der Waals surface area contributed by atoms with Crippen LogP contribution in [0.2, 0.25) is 0 Å². The van der Waals surface area contributed by atoms with Crippen molar-refractivity contribution in [2.45, 2.75) is 70.1 Å². The third kappa shape index (κ3) is 9.65. The van der Waals surface area contributed by atoms with Gasteiger partial charge in [-0.1, -0.05) is 13.8 Å². The van der Waals surface area contributed by atoms with E-state index < -0.39 is 47.9 Å². The highest BCUT2D eigenvalue weighted by Crippen LogP contribution is 2.08. The molecule has 0 radical (unpaired) electrons. The van der Waals surface area contributed by atoms with Gasteiger partial charge < -0.3 is 42.5 Å². The lowest BCUT2D eigenvalue weighted by Crippen LogP contribution is -2.58. The number of carboxylic acid groups (broad SMARTS) is 1. The van der Waals surface area contributed by atoms with Crippen molar-refractivity contribution in [3.63, 3.8) is 0 Å². The third-order valence-electron chi connectivity index (χ3n) is 5.75. The molecule has 14 nitrogen and oxygen atoms in total. The minimum Gasteiger partial charge on any atom is -0.480 e. The normalized spacial score (nSPS) is 14.4. The van der Waals surface area contributed by atoms with Crippen LogP contribution in [-0.4, -0.2) is 79.4 Å². The van der Waals surface area contributed by atoms with Crippen molar-refractivity contribution in [2.75, 3.05) is 6.54 Å². The first kappa shape index (κ1) is 29.5. The van der Waals surface area contributed by atoms with Crippen LogP contribution < -0.4 is 27.4 Å². The molecule has 3 amide bonds. The maximum Gasteiger partial charge on any atom is 0.326 e. The van der Waals surface area contributed by atoms with Gasteiger partial charge in [0.05, 0.1) is 18.7 Å². The Morgan fingerprint density at radius 2 is 1.46 bits per heavy atom. The smallest absolute Gasteiger partial charge is 0.326 e. The molecular formula is C23H37N9O5. The highest BCUT2D eigenvalue weighted by molar-refractivity contribution is 5.94. The summed E-state index contributed by atoms with van der Waals surface area (Å²) in [5, 5.41) is 17.3. The number of rotatable bonds is 16. The van der Waals surface area contributed by atoms with Crippen LogP contribution in [-0.2, 0) is 32.0 Å². The number of hydrogen-bond donors (Lipinski definition) is 8. The van der Waals surface area contributed by atoms with Gasteiger partial charge in [0.15, 0.2) is 0 Å². The van der Waals surface area contributed by atoms with Crippen molar-refractivity contribution in [1.82, 2.24) is 35.9 Å². The fraction of sp³-hybridized carbons (Fsp3) is 0.565. The van der Waals surface area contributed by atoms with Gasteiger partial charge in [-0.3, -0.25) is 14.4 Å². The lowest BCUT2D eigenvalue weighted by Gasteiger charge is -2.26. The van der Waals surface area contributed by atoms with E-state index in [4.69, 9.17) is 11.5 Å². The van der Waals surface area contributed by atoms with Gasteiger partial charge >= 0.3 is 5.97 Å². The SMILES string of the molecule is CC(C)C(NC(=O)C(CCCCN)NC(=O)C(Cc1cnc[nH]1)NC(=O)C(N)Cc1cnc[nH]1)C(=O)O. The number of carbonyl (C=O) groups excluding carboxylic acids is 3. The molecule has 2 aromatic heterocycles. The van der Waals surface area contributed by atoms with Crippen molar-refractivity contribution in [2.24, 2.45) is 17.4 Å². The van der Waals surface area contributed by atoms with Gasteiger partial charge in [-0.05, 0) is 31.7 Å². The van der Waals surface area contributed by atoms with Gasteiger partial charge in [0, 0.05) is 36.6 Å². The molecule has 0 aliphatic carbocycles. The van der Waals surface area contributed by atoms with Gasteiger partial charge in [-0.25, -0.2) is 14.8 Å². The lowest BCUT2D eigenvalue weighted by atomic mass is 10.0. The number of unbranched alkanes of at least 4 members (excludes halogenated alkanes) is 1. The second-order valence-corrected chi connectivity index (χ2v) is 9.14. The summed E-state index contributed by atoms with van der Waals surface area (Å²) in [6.45, 7) is 3.74. The van der Waals surface area contributed by atoms with Gasteiger partial charge in [0.25, 0.3) is 0 Å². The Bertz CT molecular complexity index is 994. The molecule has 4 unspecified atom stereocenters. The quantitative estimate of drug-likeness (QED) is 0.121. The predicted molar refractivity (Wildman–Crippen MR) is 134 cm³/mol. The number of hydrogen-bond acceptors (Lipinski definition) is 8. The third-order valence-corrected chi connectivity index (χ3v) is 5.75. The molecule has 2 rings (SSSR count). The molecule has 204 valence electrons. The number of amides is 3. The number of carbonyl (C=O) groups is 4. The average Bonchev–Trinajstić information content (AvgIpc) is 3.55. The topological polar surface area (TPSA) is 234 Å². The summed E-state index contributed by atoms with van der Waals surface area (Å²) < 4.78 is 0. The Hall–Kier alpha value is -3.78. The molecule has 4 atom stereocenters. The van der Waals surface area contributed by atoms with E-state index in [1.54, 1.807) is 20.0 Å². The second kappa shape index (κ2) is 14.7. The predicted octanol–water partition coefficient (Wildman–Crippen LogP) is -1.43. The van der Waals surface area contributed by atoms with Crippen molar-refractivity contribution in [3.8, 4) is 0 Å². The number of carboxylic acids is 1. The number of nitrogens with one attached hydrogen (secondary N) is 5. The number of aromatic amines is 2. The second-order valence-electron chi connectivity index (χ2n) is 9.14. The van der Waals surface area contributed by atoms with E-state index in [2.05, 4.69) is 35.9 Å². The Labute approximate surface area is 214 Å². The summed E-state index contributed by atoms with van der Waals surface area (Å²) in [6.07, 6.45) is 7.61. The number of aliphatic carboxylic acids is 1. The first-order valence-corrected chi connectivity index (χ1v) is 12.2. The number of nitrogens with zero attached hydrogens (tertiary/aromatic N) is 2. The standard InChI is InChI=1S/C23H37N9O5/c1-13(2)19(23(36)37)32-21(34)17(5-3-4-6-24)30-22(35)18(8-15-10-27-12-29-15)31-20(33)16(25)7-14-9-26-11-28-14/h9-13,16-19H,3-8,24-25H2,1-2H3,(H,26,28)(H,27,29)(H,30,35)(H,31,33)(H,32,34)(H,36,37). The van der Waals surface area contributed by atoms with E-state index in [1.165, 1.54) is 18.9 Å². The van der Waals surface area contributed by atoms with Crippen LogP contribution >= 0.6 is 0 Å². The highest BCUT2D eigenvalue weighted by atomic mass is 16.4. The maximum atomic E-state index is 13.3. The molecule has 37 heavy (non-hydrogen) atoms. The van der Waals surface area contributed by atoms with Gasteiger partial charge in [0.2, 0.25) is 17.7 Å². The van der Waals surface area contributed by atoms with Gasteiger partial charge in [-0.15, -0.1) is 0 Å². The van der Waals surface area contributed by atoms with E-state index in [0.717, 1.165) is 0 Å². The van der Waals surface area contributed by atoms with Crippen LogP contribution in [0.5, 0.6) is 0 Å². The van der Waals surface area contributed by atoms with Crippen molar-refractivity contribution >= 4 is 23.7 Å². The molecule has 14 heteroatoms. The van der Waals surface area contributed by atoms with Crippen molar-refractivity contribution in [1.29, 1.82) is 0 Å². The first-order valence-electron chi connectivity index (χ1n) is 12.2. The summed E-state index contributed by atoms with van der Waals surface area (Å²) in [6, 6.07) is -4.18. The molecule has 0 saturated heterocycles. The fourth-order valence-corrected chi connectivity index (χ4v) is 3.63. The van der Waals surface area contributed by atoms with Gasteiger partial charge in [-0.2, -0.15) is 0 Å². The zero-order valence-corrected chi connectivity index (χ0v) is 21.1. The molecule has 0 fully saturated rings. The van der Waals surface area contributed by atoms with Crippen molar-refractivity contribution < 1.29 is 24.3 Å². The van der Waals surface area contributed by atoms with E-state index in [1.807, 2.05) is 0 Å². The molecular weight excluding hydrogens is 482 g/mol. The molecule has 0 bridgehead atoms. The zero-order chi connectivity index (χ0) is 27.4. The summed E-state index contributed by atoms with van der Waals surface area (Å²) in [5.41, 5.74) is 12.8. The molecule has 0 saturated carbocycles. The zero-order valence-electron chi connectivity index (χ0n) is 21.1. The maximum absolute atomic E-state index is 13.3. The summed E-state index contributed by atoms with van der Waals surface area (Å²) >= 11 is 0. The summed E-state index contributed by atoms with van der Waals surface area (Å²) in [4.78, 5) is 64.3. The molecule has 2 aromatic rings. The van der Waals surface area contributed by atoms with Crippen LogP contribution in [0.1, 0.15) is 44.5 Å². The Morgan fingerprint density at radius 3 is 1.97 bits per heavy atom. The first-order chi connectivity index (χ1) is 17.6.